The van der Waals surface area contributed by atoms with Gasteiger partial charge in [0.15, 0.2) is 11.5 Å². The molecule has 0 saturated heterocycles. The summed E-state index contributed by atoms with van der Waals surface area (Å²) in [5, 5.41) is 19.5. The van der Waals surface area contributed by atoms with Crippen LogP contribution in [-0.2, 0) is 0 Å². The van der Waals surface area contributed by atoms with Crippen LogP contribution in [0.25, 0.3) is 17.2 Å². The van der Waals surface area contributed by atoms with Crippen LogP contribution in [0.1, 0.15) is 47.0 Å². The second-order valence-electron chi connectivity index (χ2n) is 7.96. The van der Waals surface area contributed by atoms with Gasteiger partial charge in [-0.1, -0.05) is 6.07 Å². The minimum atomic E-state index is -1.76. The average Bonchev–Trinajstić information content (AvgIpc) is 3.44. The van der Waals surface area contributed by atoms with Crippen LogP contribution in [0.2, 0.25) is 0 Å². The van der Waals surface area contributed by atoms with Crippen LogP contribution in [0, 0.1) is 5.82 Å². The zero-order valence-corrected chi connectivity index (χ0v) is 19.1. The highest BCUT2D eigenvalue weighted by Gasteiger charge is 2.27. The topological polar surface area (TPSA) is 89.1 Å². The van der Waals surface area contributed by atoms with Crippen LogP contribution in [0.15, 0.2) is 58.7 Å². The van der Waals surface area contributed by atoms with Crippen molar-refractivity contribution in [2.75, 3.05) is 14.2 Å². The highest BCUT2D eigenvalue weighted by atomic mass is 19.1. The fourth-order valence-corrected chi connectivity index (χ4v) is 4.34. The van der Waals surface area contributed by atoms with Crippen LogP contribution < -0.4 is 14.9 Å². The Labute approximate surface area is 197 Å². The van der Waals surface area contributed by atoms with Crippen molar-refractivity contribution < 1.29 is 33.1 Å². The zero-order valence-electron chi connectivity index (χ0n) is 19.1. The molecule has 0 saturated carbocycles. The number of Topliss-reactive ketones (excluding diaryl/α,β-unsaturated/α-hetero) is 1. The average molecular weight is 462 g/mol. The maximum absolute atomic E-state index is 14.2. The monoisotopic (exact) mass is 462 g/mol. The summed E-state index contributed by atoms with van der Waals surface area (Å²) in [5.74, 6) is 0.367. The SMILES string of the molecule is COc1cc(/C=C2/C(C)=C(CCC(=O)c3ccco3)c3cc(F)ccc32)cc(OC)c1B(O)O. The molecule has 0 unspecified atom stereocenters. The predicted molar refractivity (Wildman–Crippen MR) is 129 cm³/mol. The fraction of sp³-hybridized carbons (Fsp3) is 0.192. The second-order valence-corrected chi connectivity index (χ2v) is 7.96. The molecule has 0 radical (unpaired) electrons. The smallest absolute Gasteiger partial charge is 0.496 e. The summed E-state index contributed by atoms with van der Waals surface area (Å²) in [6, 6.07) is 11.3. The van der Waals surface area contributed by atoms with E-state index in [-0.39, 0.29) is 35.0 Å². The van der Waals surface area contributed by atoms with E-state index in [2.05, 4.69) is 0 Å². The molecule has 174 valence electrons. The number of fused-ring (bicyclic) bond motifs is 1. The number of rotatable bonds is 8. The first-order chi connectivity index (χ1) is 16.3. The van der Waals surface area contributed by atoms with Gasteiger partial charge in [-0.25, -0.2) is 4.39 Å². The Bertz CT molecular complexity index is 1270. The quantitative estimate of drug-likeness (QED) is 0.387. The summed E-state index contributed by atoms with van der Waals surface area (Å²) in [5.41, 5.74) is 5.12. The van der Waals surface area contributed by atoms with Gasteiger partial charge in [0.25, 0.3) is 0 Å². The van der Waals surface area contributed by atoms with Crippen molar-refractivity contribution in [2.24, 2.45) is 0 Å². The van der Waals surface area contributed by atoms with E-state index in [1.807, 2.05) is 13.0 Å². The van der Waals surface area contributed by atoms with E-state index in [1.54, 1.807) is 30.3 Å². The van der Waals surface area contributed by atoms with E-state index in [1.165, 1.54) is 32.6 Å². The van der Waals surface area contributed by atoms with Gasteiger partial charge in [0.1, 0.15) is 17.3 Å². The van der Waals surface area contributed by atoms with E-state index < -0.39 is 7.12 Å². The number of hydrogen-bond donors (Lipinski definition) is 2. The van der Waals surface area contributed by atoms with Gasteiger partial charge in [-0.3, -0.25) is 4.79 Å². The summed E-state index contributed by atoms with van der Waals surface area (Å²) >= 11 is 0. The molecule has 2 aromatic carbocycles. The molecule has 0 spiro atoms. The summed E-state index contributed by atoms with van der Waals surface area (Å²) in [6.45, 7) is 1.94. The van der Waals surface area contributed by atoms with Gasteiger partial charge in [-0.2, -0.15) is 0 Å². The third kappa shape index (κ3) is 4.42. The molecule has 0 bridgehead atoms. The van der Waals surface area contributed by atoms with Crippen LogP contribution in [0.3, 0.4) is 0 Å². The molecule has 2 N–H and O–H groups in total. The van der Waals surface area contributed by atoms with Crippen LogP contribution >= 0.6 is 0 Å². The van der Waals surface area contributed by atoms with E-state index in [9.17, 15) is 19.2 Å². The summed E-state index contributed by atoms with van der Waals surface area (Å²) in [6.07, 6.45) is 4.03. The molecular weight excluding hydrogens is 438 g/mol. The fourth-order valence-electron chi connectivity index (χ4n) is 4.34. The minimum Gasteiger partial charge on any atom is -0.497 e. The van der Waals surface area contributed by atoms with Crippen molar-refractivity contribution in [1.29, 1.82) is 0 Å². The number of hydrogen-bond acceptors (Lipinski definition) is 6. The Kier molecular flexibility index (Phi) is 6.72. The summed E-state index contributed by atoms with van der Waals surface area (Å²) in [4.78, 5) is 12.5. The first-order valence-corrected chi connectivity index (χ1v) is 10.7. The van der Waals surface area contributed by atoms with Crippen molar-refractivity contribution >= 4 is 35.6 Å². The molecule has 1 heterocycles. The molecule has 1 aliphatic carbocycles. The molecule has 0 amide bonds. The number of methoxy groups -OCH3 is 2. The number of carbonyl (C=O) groups is 1. The first kappa shape index (κ1) is 23.5. The van der Waals surface area contributed by atoms with E-state index in [0.29, 0.717) is 17.7 Å². The first-order valence-electron chi connectivity index (χ1n) is 10.7. The maximum atomic E-state index is 14.2. The minimum absolute atomic E-state index is 0.117. The molecule has 8 heteroatoms. The van der Waals surface area contributed by atoms with Gasteiger partial charge in [-0.15, -0.1) is 0 Å². The number of ketones is 1. The predicted octanol–water partition coefficient (Wildman–Crippen LogP) is 4.11. The van der Waals surface area contributed by atoms with Gasteiger partial charge < -0.3 is 23.9 Å². The molecule has 0 fully saturated rings. The molecule has 0 aliphatic heterocycles. The number of allylic oxidation sites excluding steroid dienone is 3. The van der Waals surface area contributed by atoms with Crippen molar-refractivity contribution in [3.63, 3.8) is 0 Å². The number of benzene rings is 2. The van der Waals surface area contributed by atoms with Crippen LogP contribution in [-0.4, -0.2) is 37.2 Å². The van der Waals surface area contributed by atoms with Gasteiger partial charge in [-0.05, 0) is 89.2 Å². The zero-order chi connectivity index (χ0) is 24.4. The largest absolute Gasteiger partial charge is 0.497 e. The normalized spacial score (nSPS) is 13.9. The molecule has 34 heavy (non-hydrogen) atoms. The van der Waals surface area contributed by atoms with Gasteiger partial charge in [0, 0.05) is 6.42 Å². The summed E-state index contributed by atoms with van der Waals surface area (Å²) < 4.78 is 30.1. The Hall–Kier alpha value is -3.62. The Balaban J connectivity index is 1.76. The lowest BCUT2D eigenvalue weighted by atomic mass is 9.78. The van der Waals surface area contributed by atoms with E-state index in [0.717, 1.165) is 27.8 Å². The Morgan fingerprint density at radius 3 is 2.38 bits per heavy atom. The third-order valence-corrected chi connectivity index (χ3v) is 5.99. The standard InChI is InChI=1S/C26H24BFO6/c1-15-18(8-9-22(29)23-5-4-10-34-23)21-14-17(28)6-7-19(21)20(15)11-16-12-24(32-2)26(27(30)31)25(13-16)33-3/h4-7,10-14,30-31H,8-9H2,1-3H3/b20-11-. The van der Waals surface area contributed by atoms with Crippen LogP contribution in [0.4, 0.5) is 4.39 Å². The van der Waals surface area contributed by atoms with Crippen molar-refractivity contribution in [3.8, 4) is 11.5 Å². The molecule has 1 aromatic heterocycles. The molecular formula is C26H24BFO6. The lowest BCUT2D eigenvalue weighted by molar-refractivity contribution is 0.0957. The van der Waals surface area contributed by atoms with E-state index >= 15 is 0 Å². The lowest BCUT2D eigenvalue weighted by Crippen LogP contribution is -2.32. The molecule has 4 rings (SSSR count). The van der Waals surface area contributed by atoms with Gasteiger partial charge in [0.2, 0.25) is 0 Å². The van der Waals surface area contributed by atoms with Crippen molar-refractivity contribution in [2.45, 2.75) is 19.8 Å². The number of furan rings is 1. The van der Waals surface area contributed by atoms with Crippen LogP contribution in [0.5, 0.6) is 11.5 Å². The second kappa shape index (κ2) is 9.71. The lowest BCUT2D eigenvalue weighted by Gasteiger charge is -2.14. The highest BCUT2D eigenvalue weighted by molar-refractivity contribution is 6.61. The summed E-state index contributed by atoms with van der Waals surface area (Å²) in [7, 11) is 1.11. The van der Waals surface area contributed by atoms with Crippen molar-refractivity contribution in [3.05, 3.63) is 82.6 Å². The molecule has 3 aromatic rings. The molecule has 1 aliphatic rings. The van der Waals surface area contributed by atoms with E-state index in [4.69, 9.17) is 13.9 Å². The third-order valence-electron chi connectivity index (χ3n) is 5.99. The Morgan fingerprint density at radius 2 is 1.79 bits per heavy atom. The molecule has 6 nitrogen and oxygen atoms in total. The van der Waals surface area contributed by atoms with Gasteiger partial charge in [0.05, 0.1) is 25.9 Å². The maximum Gasteiger partial charge on any atom is 0.496 e. The number of carbonyl (C=O) groups excluding carboxylic acids is 1. The number of ether oxygens (including phenoxy) is 2. The number of halogens is 1. The van der Waals surface area contributed by atoms with Gasteiger partial charge >= 0.3 is 7.12 Å². The molecule has 0 atom stereocenters. The highest BCUT2D eigenvalue weighted by Crippen LogP contribution is 2.44. The van der Waals surface area contributed by atoms with Crippen molar-refractivity contribution in [1.82, 2.24) is 0 Å². The Morgan fingerprint density at radius 1 is 1.09 bits per heavy atom.